The smallest absolute Gasteiger partial charge is 0.262 e. The van der Waals surface area contributed by atoms with Crippen molar-refractivity contribution in [1.29, 1.82) is 0 Å². The van der Waals surface area contributed by atoms with Crippen molar-refractivity contribution in [3.63, 3.8) is 0 Å². The number of nitrogens with zero attached hydrogens (tertiary/aromatic N) is 3. The predicted octanol–water partition coefficient (Wildman–Crippen LogP) is 3.18. The molecule has 1 aromatic heterocycles. The number of fused-ring (bicyclic) bond motifs is 1. The third-order valence-electron chi connectivity index (χ3n) is 6.25. The van der Waals surface area contributed by atoms with Crippen LogP contribution in [0.15, 0.2) is 66.1 Å². The van der Waals surface area contributed by atoms with Gasteiger partial charge in [-0.3, -0.25) is 0 Å². The minimum Gasteiger partial charge on any atom is -0.380 e. The first-order valence-corrected chi connectivity index (χ1v) is 11.9. The number of hydrogen-bond acceptors (Lipinski definition) is 4. The monoisotopic (exact) mass is 422 g/mol. The van der Waals surface area contributed by atoms with Crippen LogP contribution in [0, 0.1) is 0 Å². The Morgan fingerprint density at radius 3 is 2.60 bits per heavy atom. The van der Waals surface area contributed by atoms with Crippen molar-refractivity contribution in [1.82, 2.24) is 13.9 Å². The fourth-order valence-electron chi connectivity index (χ4n) is 4.68. The molecule has 2 heterocycles. The van der Waals surface area contributed by atoms with Crippen molar-refractivity contribution in [2.45, 2.75) is 36.2 Å². The number of aryl methyl sites for hydroxylation is 3. The van der Waals surface area contributed by atoms with E-state index in [4.69, 9.17) is 0 Å². The topological polar surface area (TPSA) is 67.2 Å². The first-order valence-electron chi connectivity index (χ1n) is 10.4. The third-order valence-corrected chi connectivity index (χ3v) is 7.97. The molecule has 0 bridgehead atoms. The highest BCUT2D eigenvalue weighted by Gasteiger charge is 2.41. The van der Waals surface area contributed by atoms with Gasteiger partial charge in [-0.05, 0) is 48.1 Å². The maximum absolute atomic E-state index is 13.2. The molecule has 1 N–H and O–H groups in total. The van der Waals surface area contributed by atoms with E-state index in [-0.39, 0.29) is 17.0 Å². The van der Waals surface area contributed by atoms with Gasteiger partial charge in [0.2, 0.25) is 0 Å². The lowest BCUT2D eigenvalue weighted by atomic mass is 9.94. The summed E-state index contributed by atoms with van der Waals surface area (Å²) in [5, 5.41) is 3.75. The van der Waals surface area contributed by atoms with Crippen LogP contribution >= 0.6 is 0 Å². The lowest BCUT2D eigenvalue weighted by Gasteiger charge is -2.22. The Kier molecular flexibility index (Phi) is 4.87. The molecule has 2 atom stereocenters. The van der Waals surface area contributed by atoms with Gasteiger partial charge in [0.05, 0.1) is 6.33 Å². The number of sulfonamides is 1. The molecule has 5 rings (SSSR count). The Morgan fingerprint density at radius 1 is 1.03 bits per heavy atom. The zero-order valence-electron chi connectivity index (χ0n) is 17.0. The standard InChI is InChI=1S/C23H26N4O2S/c1-26-15-23(24-16-26)30(28,29)27-13-21(18-6-3-2-4-7-18)22(14-27)25-20-11-10-17-8-5-9-19(17)12-20/h2-4,6-7,10-12,15-16,21-22,25H,5,8-9,13-14H2,1H3/t21-,22+/m1/s1. The van der Waals surface area contributed by atoms with Gasteiger partial charge in [-0.15, -0.1) is 0 Å². The molecule has 1 aliphatic carbocycles. The molecule has 2 aliphatic rings. The molecule has 0 spiro atoms. The Morgan fingerprint density at radius 2 is 1.83 bits per heavy atom. The second kappa shape index (κ2) is 7.56. The molecular formula is C23H26N4O2S. The van der Waals surface area contributed by atoms with E-state index < -0.39 is 10.0 Å². The fraction of sp³-hybridized carbons (Fsp3) is 0.348. The summed E-state index contributed by atoms with van der Waals surface area (Å²) in [6.45, 7) is 0.848. The summed E-state index contributed by atoms with van der Waals surface area (Å²) in [7, 11) is -1.85. The molecule has 1 fully saturated rings. The molecule has 0 saturated carbocycles. The van der Waals surface area contributed by atoms with Crippen LogP contribution in [-0.2, 0) is 29.9 Å². The van der Waals surface area contributed by atoms with E-state index >= 15 is 0 Å². The summed E-state index contributed by atoms with van der Waals surface area (Å²) in [6.07, 6.45) is 6.58. The Labute approximate surface area is 177 Å². The molecule has 6 nitrogen and oxygen atoms in total. The summed E-state index contributed by atoms with van der Waals surface area (Å²) in [5.74, 6) is 0.0675. The van der Waals surface area contributed by atoms with E-state index in [1.807, 2.05) is 18.2 Å². The molecule has 7 heteroatoms. The highest BCUT2D eigenvalue weighted by molar-refractivity contribution is 7.89. The Balaban J connectivity index is 1.45. The van der Waals surface area contributed by atoms with Gasteiger partial charge in [-0.25, -0.2) is 13.4 Å². The minimum atomic E-state index is -3.63. The van der Waals surface area contributed by atoms with Crippen molar-refractivity contribution in [2.24, 2.45) is 7.05 Å². The number of anilines is 1. The number of rotatable bonds is 5. The SMILES string of the molecule is Cn1cnc(S(=O)(=O)N2C[C@H](Nc3ccc4c(c3)CCC4)[C@@H](c3ccccc3)C2)c1. The van der Waals surface area contributed by atoms with Crippen LogP contribution in [0.3, 0.4) is 0 Å². The number of benzene rings is 2. The molecule has 0 unspecified atom stereocenters. The van der Waals surface area contributed by atoms with E-state index in [1.54, 1.807) is 22.1 Å². The molecule has 0 radical (unpaired) electrons. The van der Waals surface area contributed by atoms with Gasteiger partial charge in [0.25, 0.3) is 10.0 Å². The van der Waals surface area contributed by atoms with Gasteiger partial charge in [0.1, 0.15) is 0 Å². The van der Waals surface area contributed by atoms with Crippen molar-refractivity contribution in [2.75, 3.05) is 18.4 Å². The van der Waals surface area contributed by atoms with Gasteiger partial charge < -0.3 is 9.88 Å². The highest BCUT2D eigenvalue weighted by atomic mass is 32.2. The van der Waals surface area contributed by atoms with Gasteiger partial charge in [-0.2, -0.15) is 4.31 Å². The second-order valence-corrected chi connectivity index (χ2v) is 10.2. The van der Waals surface area contributed by atoms with E-state index in [2.05, 4.69) is 40.6 Å². The zero-order valence-corrected chi connectivity index (χ0v) is 17.8. The van der Waals surface area contributed by atoms with Crippen LogP contribution in [0.5, 0.6) is 0 Å². The number of aromatic nitrogens is 2. The average Bonchev–Trinajstić information content (AvgIpc) is 3.48. The minimum absolute atomic E-state index is 0.00894. The fourth-order valence-corrected chi connectivity index (χ4v) is 6.14. The van der Waals surface area contributed by atoms with Gasteiger partial charge in [-0.1, -0.05) is 36.4 Å². The van der Waals surface area contributed by atoms with Crippen LogP contribution in [0.2, 0.25) is 0 Å². The Hall–Kier alpha value is -2.64. The lowest BCUT2D eigenvalue weighted by Crippen LogP contribution is -2.32. The molecule has 30 heavy (non-hydrogen) atoms. The van der Waals surface area contributed by atoms with E-state index in [9.17, 15) is 8.42 Å². The van der Waals surface area contributed by atoms with Crippen LogP contribution in [0.4, 0.5) is 5.69 Å². The Bertz CT molecular complexity index is 1160. The van der Waals surface area contributed by atoms with Gasteiger partial charge >= 0.3 is 0 Å². The van der Waals surface area contributed by atoms with Crippen molar-refractivity contribution in [3.05, 3.63) is 77.7 Å². The molecule has 2 aromatic carbocycles. The lowest BCUT2D eigenvalue weighted by molar-refractivity contribution is 0.468. The van der Waals surface area contributed by atoms with Crippen molar-refractivity contribution >= 4 is 15.7 Å². The van der Waals surface area contributed by atoms with Gasteiger partial charge in [0.15, 0.2) is 5.03 Å². The maximum atomic E-state index is 13.2. The average molecular weight is 423 g/mol. The van der Waals surface area contributed by atoms with E-state index in [0.29, 0.717) is 13.1 Å². The van der Waals surface area contributed by atoms with Crippen LogP contribution in [0.25, 0.3) is 0 Å². The first-order chi connectivity index (χ1) is 14.5. The summed E-state index contributed by atoms with van der Waals surface area (Å²) < 4.78 is 29.6. The van der Waals surface area contributed by atoms with Gasteiger partial charge in [0, 0.05) is 44.0 Å². The van der Waals surface area contributed by atoms with Crippen LogP contribution < -0.4 is 5.32 Å². The largest absolute Gasteiger partial charge is 0.380 e. The number of imidazole rings is 1. The second-order valence-electron chi connectivity index (χ2n) is 8.30. The zero-order chi connectivity index (χ0) is 20.7. The predicted molar refractivity (Wildman–Crippen MR) is 117 cm³/mol. The number of nitrogens with one attached hydrogen (secondary N) is 1. The molecule has 1 aliphatic heterocycles. The first kappa shape index (κ1) is 19.3. The third kappa shape index (κ3) is 3.52. The van der Waals surface area contributed by atoms with E-state index in [1.165, 1.54) is 23.9 Å². The molecule has 1 saturated heterocycles. The van der Waals surface area contributed by atoms with E-state index in [0.717, 1.165) is 24.1 Å². The highest BCUT2D eigenvalue weighted by Crippen LogP contribution is 2.34. The normalized spacial score (nSPS) is 21.6. The van der Waals surface area contributed by atoms with Crippen molar-refractivity contribution < 1.29 is 8.42 Å². The summed E-state index contributed by atoms with van der Waals surface area (Å²) in [6, 6.07) is 16.7. The molecular weight excluding hydrogens is 396 g/mol. The molecule has 3 aromatic rings. The molecule has 0 amide bonds. The maximum Gasteiger partial charge on any atom is 0.262 e. The summed E-state index contributed by atoms with van der Waals surface area (Å²) in [5.41, 5.74) is 5.06. The van der Waals surface area contributed by atoms with Crippen molar-refractivity contribution in [3.8, 4) is 0 Å². The summed E-state index contributed by atoms with van der Waals surface area (Å²) in [4.78, 5) is 4.09. The summed E-state index contributed by atoms with van der Waals surface area (Å²) >= 11 is 0. The van der Waals surface area contributed by atoms with Crippen LogP contribution in [0.1, 0.15) is 29.0 Å². The molecule has 156 valence electrons. The quantitative estimate of drug-likeness (QED) is 0.686. The number of hydrogen-bond donors (Lipinski definition) is 1. The van der Waals surface area contributed by atoms with Crippen LogP contribution in [-0.4, -0.2) is 41.4 Å².